The van der Waals surface area contributed by atoms with E-state index in [4.69, 9.17) is 4.74 Å². The molecule has 0 atom stereocenters. The van der Waals surface area contributed by atoms with E-state index < -0.39 is 0 Å². The third-order valence-corrected chi connectivity index (χ3v) is 3.03. The van der Waals surface area contributed by atoms with Gasteiger partial charge in [-0.05, 0) is 48.3 Å². The normalized spacial score (nSPS) is 10.3. The lowest BCUT2D eigenvalue weighted by atomic mass is 10.2. The maximum Gasteiger partial charge on any atom is 0.325 e. The third-order valence-electron chi connectivity index (χ3n) is 1.98. The molecular formula is C12H16BrNO2. The van der Waals surface area contributed by atoms with Crippen molar-refractivity contribution in [3.63, 3.8) is 0 Å². The van der Waals surface area contributed by atoms with Crippen LogP contribution in [0.15, 0.2) is 22.7 Å². The maximum absolute atomic E-state index is 11.3. The van der Waals surface area contributed by atoms with Gasteiger partial charge in [0.05, 0.1) is 6.10 Å². The van der Waals surface area contributed by atoms with E-state index in [0.29, 0.717) is 0 Å². The predicted octanol–water partition coefficient (Wildman–Crippen LogP) is 3.12. The van der Waals surface area contributed by atoms with Crippen LogP contribution in [0.5, 0.6) is 0 Å². The molecule has 0 heterocycles. The highest BCUT2D eigenvalue weighted by molar-refractivity contribution is 9.10. The lowest BCUT2D eigenvalue weighted by Crippen LogP contribution is -2.20. The van der Waals surface area contributed by atoms with Crippen molar-refractivity contribution in [1.82, 2.24) is 0 Å². The second kappa shape index (κ2) is 5.89. The molecule has 0 fully saturated rings. The first-order valence-corrected chi connectivity index (χ1v) is 5.98. The molecule has 0 radical (unpaired) electrons. The summed E-state index contributed by atoms with van der Waals surface area (Å²) in [5.74, 6) is -0.247. The summed E-state index contributed by atoms with van der Waals surface area (Å²) in [7, 11) is 0. The second-order valence-corrected chi connectivity index (χ2v) is 4.62. The van der Waals surface area contributed by atoms with E-state index in [1.54, 1.807) is 0 Å². The number of hydrogen-bond donors (Lipinski definition) is 1. The first-order valence-electron chi connectivity index (χ1n) is 5.19. The molecule has 4 heteroatoms. The molecular weight excluding hydrogens is 270 g/mol. The van der Waals surface area contributed by atoms with Crippen LogP contribution in [0, 0.1) is 6.92 Å². The fraction of sp³-hybridized carbons (Fsp3) is 0.417. The van der Waals surface area contributed by atoms with Gasteiger partial charge in [-0.2, -0.15) is 0 Å². The number of nitrogens with one attached hydrogen (secondary N) is 1. The Morgan fingerprint density at radius 3 is 2.81 bits per heavy atom. The van der Waals surface area contributed by atoms with Gasteiger partial charge in [0.1, 0.15) is 6.54 Å². The van der Waals surface area contributed by atoms with Gasteiger partial charge in [0, 0.05) is 10.2 Å². The van der Waals surface area contributed by atoms with Crippen molar-refractivity contribution in [3.05, 3.63) is 28.2 Å². The molecule has 1 rings (SSSR count). The number of aryl methyl sites for hydroxylation is 1. The molecule has 0 amide bonds. The standard InChI is InChI=1S/C12H16BrNO2/c1-8(2)16-11(15)7-14-10-6-4-5-9(3)12(10)13/h4-6,8,14H,7H2,1-3H3. The SMILES string of the molecule is Cc1cccc(NCC(=O)OC(C)C)c1Br. The Labute approximate surface area is 104 Å². The van der Waals surface area contributed by atoms with E-state index in [9.17, 15) is 4.79 Å². The topological polar surface area (TPSA) is 38.3 Å². The zero-order valence-corrected chi connectivity index (χ0v) is 11.3. The van der Waals surface area contributed by atoms with Crippen LogP contribution in [-0.2, 0) is 9.53 Å². The van der Waals surface area contributed by atoms with Gasteiger partial charge in [-0.25, -0.2) is 0 Å². The van der Waals surface area contributed by atoms with E-state index in [0.717, 1.165) is 15.7 Å². The van der Waals surface area contributed by atoms with Crippen molar-refractivity contribution >= 4 is 27.6 Å². The Balaban J connectivity index is 2.55. The van der Waals surface area contributed by atoms with Crippen molar-refractivity contribution in [2.75, 3.05) is 11.9 Å². The van der Waals surface area contributed by atoms with Gasteiger partial charge < -0.3 is 10.1 Å². The maximum atomic E-state index is 11.3. The first-order chi connectivity index (χ1) is 7.50. The Bertz CT molecular complexity index is 377. The minimum atomic E-state index is -0.247. The molecule has 0 saturated heterocycles. The van der Waals surface area contributed by atoms with Crippen LogP contribution in [0.2, 0.25) is 0 Å². The Hall–Kier alpha value is -1.03. The van der Waals surface area contributed by atoms with Crippen LogP contribution < -0.4 is 5.32 Å². The summed E-state index contributed by atoms with van der Waals surface area (Å²) in [4.78, 5) is 11.3. The summed E-state index contributed by atoms with van der Waals surface area (Å²) in [5, 5.41) is 3.04. The molecule has 16 heavy (non-hydrogen) atoms. The van der Waals surface area contributed by atoms with Crippen LogP contribution in [0.3, 0.4) is 0 Å². The number of carbonyl (C=O) groups is 1. The van der Waals surface area contributed by atoms with Crippen LogP contribution in [0.4, 0.5) is 5.69 Å². The number of benzene rings is 1. The fourth-order valence-electron chi connectivity index (χ4n) is 1.26. The Morgan fingerprint density at radius 2 is 2.19 bits per heavy atom. The smallest absolute Gasteiger partial charge is 0.325 e. The largest absolute Gasteiger partial charge is 0.462 e. The van der Waals surface area contributed by atoms with Crippen molar-refractivity contribution in [1.29, 1.82) is 0 Å². The first kappa shape index (κ1) is 13.0. The Kier molecular flexibility index (Phi) is 4.80. The fourth-order valence-corrected chi connectivity index (χ4v) is 1.66. The van der Waals surface area contributed by atoms with Gasteiger partial charge in [0.25, 0.3) is 0 Å². The summed E-state index contributed by atoms with van der Waals surface area (Å²) in [5.41, 5.74) is 2.03. The summed E-state index contributed by atoms with van der Waals surface area (Å²) in [6.45, 7) is 5.85. The van der Waals surface area contributed by atoms with E-state index in [2.05, 4.69) is 21.2 Å². The number of carbonyl (C=O) groups excluding carboxylic acids is 1. The van der Waals surface area contributed by atoms with Crippen molar-refractivity contribution < 1.29 is 9.53 Å². The van der Waals surface area contributed by atoms with Gasteiger partial charge in [0.15, 0.2) is 0 Å². The van der Waals surface area contributed by atoms with E-state index in [-0.39, 0.29) is 18.6 Å². The summed E-state index contributed by atoms with van der Waals surface area (Å²) < 4.78 is 6.00. The van der Waals surface area contributed by atoms with Crippen LogP contribution in [-0.4, -0.2) is 18.6 Å². The molecule has 88 valence electrons. The number of ether oxygens (including phenoxy) is 1. The zero-order chi connectivity index (χ0) is 12.1. The van der Waals surface area contributed by atoms with Gasteiger partial charge in [-0.15, -0.1) is 0 Å². The highest BCUT2D eigenvalue weighted by Crippen LogP contribution is 2.25. The van der Waals surface area contributed by atoms with Crippen molar-refractivity contribution in [2.45, 2.75) is 26.9 Å². The predicted molar refractivity (Wildman–Crippen MR) is 68.6 cm³/mol. The molecule has 0 aliphatic rings. The number of hydrogen-bond acceptors (Lipinski definition) is 3. The van der Waals surface area contributed by atoms with E-state index in [1.807, 2.05) is 39.0 Å². The van der Waals surface area contributed by atoms with E-state index in [1.165, 1.54) is 0 Å². The highest BCUT2D eigenvalue weighted by Gasteiger charge is 2.07. The summed E-state index contributed by atoms with van der Waals surface area (Å²) in [6.07, 6.45) is -0.0738. The van der Waals surface area contributed by atoms with Crippen LogP contribution in [0.25, 0.3) is 0 Å². The quantitative estimate of drug-likeness (QED) is 0.864. The number of esters is 1. The molecule has 0 saturated carbocycles. The third kappa shape index (κ3) is 3.85. The molecule has 0 spiro atoms. The zero-order valence-electron chi connectivity index (χ0n) is 9.71. The second-order valence-electron chi connectivity index (χ2n) is 3.83. The van der Waals surface area contributed by atoms with Crippen molar-refractivity contribution in [3.8, 4) is 0 Å². The minimum absolute atomic E-state index is 0.0738. The molecule has 1 N–H and O–H groups in total. The molecule has 0 aliphatic carbocycles. The number of halogens is 1. The molecule has 1 aromatic rings. The molecule has 1 aromatic carbocycles. The Morgan fingerprint density at radius 1 is 1.50 bits per heavy atom. The lowest BCUT2D eigenvalue weighted by molar-refractivity contribution is -0.145. The molecule has 3 nitrogen and oxygen atoms in total. The summed E-state index contributed by atoms with van der Waals surface area (Å²) in [6, 6.07) is 5.86. The molecule has 0 aliphatic heterocycles. The minimum Gasteiger partial charge on any atom is -0.462 e. The number of rotatable bonds is 4. The average molecular weight is 286 g/mol. The lowest BCUT2D eigenvalue weighted by Gasteiger charge is -2.11. The summed E-state index contributed by atoms with van der Waals surface area (Å²) >= 11 is 3.47. The van der Waals surface area contributed by atoms with Gasteiger partial charge in [-0.1, -0.05) is 12.1 Å². The van der Waals surface area contributed by atoms with Gasteiger partial charge in [-0.3, -0.25) is 4.79 Å². The number of anilines is 1. The van der Waals surface area contributed by atoms with Crippen LogP contribution in [0.1, 0.15) is 19.4 Å². The molecule has 0 bridgehead atoms. The van der Waals surface area contributed by atoms with E-state index >= 15 is 0 Å². The van der Waals surface area contributed by atoms with Crippen molar-refractivity contribution in [2.24, 2.45) is 0 Å². The molecule has 0 unspecified atom stereocenters. The average Bonchev–Trinajstić information content (AvgIpc) is 2.19. The molecule has 0 aromatic heterocycles. The monoisotopic (exact) mass is 285 g/mol. The highest BCUT2D eigenvalue weighted by atomic mass is 79.9. The van der Waals surface area contributed by atoms with Gasteiger partial charge >= 0.3 is 5.97 Å². The van der Waals surface area contributed by atoms with Crippen LogP contribution >= 0.6 is 15.9 Å². The van der Waals surface area contributed by atoms with Gasteiger partial charge in [0.2, 0.25) is 0 Å².